The summed E-state index contributed by atoms with van der Waals surface area (Å²) in [5.41, 5.74) is 8.98. The molecule has 0 saturated carbocycles. The Kier molecular flexibility index (Phi) is 3.58. The molecule has 3 aliphatic heterocycles. The second-order valence-corrected chi connectivity index (χ2v) is 7.93. The number of amides is 1. The Hall–Kier alpha value is -2.74. The molecule has 0 radical (unpaired) electrons. The molecule has 0 spiro atoms. The maximum absolute atomic E-state index is 13.4. The predicted octanol–water partition coefficient (Wildman–Crippen LogP) is 4.11. The summed E-state index contributed by atoms with van der Waals surface area (Å²) in [6.45, 7) is 2.05. The zero-order valence-corrected chi connectivity index (χ0v) is 15.1. The first kappa shape index (κ1) is 16.4. The molecule has 138 valence electrons. The van der Waals surface area contributed by atoms with Crippen molar-refractivity contribution in [3.05, 3.63) is 46.5 Å². The number of carbonyl (C=O) groups excluding carboxylic acids is 1. The van der Waals surface area contributed by atoms with Crippen LogP contribution < -0.4 is 16.0 Å². The van der Waals surface area contributed by atoms with E-state index in [-0.39, 0.29) is 5.69 Å². The van der Waals surface area contributed by atoms with Crippen molar-refractivity contribution in [3.63, 3.8) is 0 Å². The van der Waals surface area contributed by atoms with Crippen LogP contribution in [0.5, 0.6) is 0 Å². The summed E-state index contributed by atoms with van der Waals surface area (Å²) in [7, 11) is 0. The van der Waals surface area contributed by atoms with Gasteiger partial charge in [-0.1, -0.05) is 0 Å². The molecule has 6 rings (SSSR count). The lowest BCUT2D eigenvalue weighted by Crippen LogP contribution is -2.39. The van der Waals surface area contributed by atoms with Crippen molar-refractivity contribution in [2.45, 2.75) is 18.8 Å². The number of carbonyl (C=O) groups is 1. The van der Waals surface area contributed by atoms with Crippen LogP contribution in [0, 0.1) is 11.6 Å². The smallest absolute Gasteiger partial charge is 0.267 e. The molecule has 2 aromatic heterocycles. The van der Waals surface area contributed by atoms with E-state index in [4.69, 9.17) is 10.7 Å². The third kappa shape index (κ3) is 2.55. The maximum Gasteiger partial charge on any atom is 0.267 e. The lowest BCUT2D eigenvalue weighted by atomic mass is 9.86. The van der Waals surface area contributed by atoms with Gasteiger partial charge in [0, 0.05) is 36.1 Å². The van der Waals surface area contributed by atoms with Crippen LogP contribution in [-0.4, -0.2) is 24.0 Å². The number of nitrogens with one attached hydrogen (secondary N) is 1. The summed E-state index contributed by atoms with van der Waals surface area (Å²) in [5.74, 6) is -1.97. The topological polar surface area (TPSA) is 71.2 Å². The third-order valence-electron chi connectivity index (χ3n) is 5.34. The average molecular weight is 386 g/mol. The van der Waals surface area contributed by atoms with Crippen LogP contribution >= 0.6 is 11.3 Å². The van der Waals surface area contributed by atoms with Gasteiger partial charge >= 0.3 is 0 Å². The first-order valence-corrected chi connectivity index (χ1v) is 9.57. The fourth-order valence-corrected chi connectivity index (χ4v) is 4.90. The molecule has 2 bridgehead atoms. The number of hydrogen-bond donors (Lipinski definition) is 2. The minimum atomic E-state index is -1.02. The number of hydrogen-bond acceptors (Lipinski definition) is 5. The molecule has 1 saturated heterocycles. The van der Waals surface area contributed by atoms with Crippen molar-refractivity contribution in [1.82, 2.24) is 4.98 Å². The molecule has 0 aliphatic carbocycles. The van der Waals surface area contributed by atoms with Gasteiger partial charge in [-0.05, 0) is 31.0 Å². The number of halogens is 2. The van der Waals surface area contributed by atoms with Crippen molar-refractivity contribution in [2.75, 3.05) is 29.0 Å². The van der Waals surface area contributed by atoms with E-state index in [9.17, 15) is 13.6 Å². The number of nitrogens with two attached hydrogens (primary N) is 1. The van der Waals surface area contributed by atoms with Gasteiger partial charge < -0.3 is 16.0 Å². The van der Waals surface area contributed by atoms with E-state index in [1.54, 1.807) is 0 Å². The van der Waals surface area contributed by atoms with Crippen molar-refractivity contribution >= 4 is 44.5 Å². The van der Waals surface area contributed by atoms with Gasteiger partial charge in [-0.2, -0.15) is 0 Å². The summed E-state index contributed by atoms with van der Waals surface area (Å²) in [4.78, 5) is 20.8. The Morgan fingerprint density at radius 3 is 2.74 bits per heavy atom. The van der Waals surface area contributed by atoms with Crippen molar-refractivity contribution in [3.8, 4) is 0 Å². The highest BCUT2D eigenvalue weighted by molar-refractivity contribution is 7.21. The van der Waals surface area contributed by atoms with Gasteiger partial charge in [0.2, 0.25) is 0 Å². The first-order valence-electron chi connectivity index (χ1n) is 8.75. The molecule has 0 unspecified atom stereocenters. The zero-order valence-electron chi connectivity index (χ0n) is 14.3. The summed E-state index contributed by atoms with van der Waals surface area (Å²) in [6, 6.07) is 5.25. The van der Waals surface area contributed by atoms with Gasteiger partial charge in [-0.15, -0.1) is 11.3 Å². The third-order valence-corrected chi connectivity index (χ3v) is 6.45. The van der Waals surface area contributed by atoms with E-state index in [2.05, 4.69) is 10.2 Å². The lowest BCUT2D eigenvalue weighted by molar-refractivity contribution is 0.103. The average Bonchev–Trinajstić information content (AvgIpc) is 3.00. The van der Waals surface area contributed by atoms with Gasteiger partial charge in [-0.3, -0.25) is 4.79 Å². The van der Waals surface area contributed by atoms with E-state index >= 15 is 0 Å². The Morgan fingerprint density at radius 2 is 2.00 bits per heavy atom. The highest BCUT2D eigenvalue weighted by Gasteiger charge is 2.33. The summed E-state index contributed by atoms with van der Waals surface area (Å²) < 4.78 is 26.4. The number of pyridine rings is 1. The van der Waals surface area contributed by atoms with Crippen molar-refractivity contribution in [2.24, 2.45) is 0 Å². The number of nitrogens with zero attached hydrogens (tertiary/aromatic N) is 2. The van der Waals surface area contributed by atoms with Gasteiger partial charge in [0.25, 0.3) is 5.91 Å². The Bertz CT molecular complexity index is 1090. The number of nitrogen functional groups attached to an aromatic ring is 1. The summed E-state index contributed by atoms with van der Waals surface area (Å²) in [5, 5.41) is 3.34. The normalized spacial score (nSPS) is 16.0. The van der Waals surface area contributed by atoms with Crippen molar-refractivity contribution < 1.29 is 13.6 Å². The lowest BCUT2D eigenvalue weighted by Gasteiger charge is -2.41. The maximum atomic E-state index is 13.4. The molecule has 5 heterocycles. The predicted molar refractivity (Wildman–Crippen MR) is 103 cm³/mol. The number of thiophene rings is 1. The fraction of sp³-hybridized carbons (Fsp3) is 0.263. The van der Waals surface area contributed by atoms with Crippen molar-refractivity contribution in [1.29, 1.82) is 0 Å². The quantitative estimate of drug-likeness (QED) is 0.695. The van der Waals surface area contributed by atoms with E-state index < -0.39 is 17.5 Å². The minimum absolute atomic E-state index is 0.173. The van der Waals surface area contributed by atoms with Gasteiger partial charge in [0.15, 0.2) is 11.6 Å². The van der Waals surface area contributed by atoms with Crippen LogP contribution in [0.1, 0.15) is 34.1 Å². The molecule has 3 aromatic rings. The number of benzene rings is 1. The molecule has 1 amide bonds. The molecule has 1 fully saturated rings. The van der Waals surface area contributed by atoms with Crippen LogP contribution in [0.3, 0.4) is 0 Å². The van der Waals surface area contributed by atoms with E-state index in [0.29, 0.717) is 16.5 Å². The second kappa shape index (κ2) is 5.88. The van der Waals surface area contributed by atoms with Crippen LogP contribution in [-0.2, 0) is 0 Å². The SMILES string of the molecule is Nc1c(C(=O)Nc2ccc(F)c(F)c2)sc2nc3c(cc12)N1CCC3CC1. The molecule has 8 heteroatoms. The Morgan fingerprint density at radius 1 is 1.22 bits per heavy atom. The van der Waals surface area contributed by atoms with Gasteiger partial charge in [0.1, 0.15) is 9.71 Å². The fourth-order valence-electron chi connectivity index (χ4n) is 3.92. The first-order chi connectivity index (χ1) is 13.0. The standard InChI is InChI=1S/C19H16F2N4OS/c20-12-2-1-10(7-13(12)21)23-18(26)17-15(22)11-8-14-16(24-19(11)27-17)9-3-5-25(14)6-4-9/h1-2,7-9H,3-6,22H2,(H,23,26). The summed E-state index contributed by atoms with van der Waals surface area (Å²) in [6.07, 6.45) is 2.21. The molecule has 3 aliphatic rings. The van der Waals surface area contributed by atoms with E-state index in [1.165, 1.54) is 17.4 Å². The largest absolute Gasteiger partial charge is 0.397 e. The van der Waals surface area contributed by atoms with Gasteiger partial charge in [0.05, 0.1) is 17.1 Å². The van der Waals surface area contributed by atoms with Crippen LogP contribution in [0.25, 0.3) is 10.2 Å². The Labute approximate surface area is 157 Å². The van der Waals surface area contributed by atoms with E-state index in [0.717, 1.165) is 59.7 Å². The highest BCUT2D eigenvalue weighted by Crippen LogP contribution is 2.45. The molecule has 0 atom stereocenters. The number of fused-ring (bicyclic) bond motifs is 3. The molecular formula is C19H16F2N4OS. The monoisotopic (exact) mass is 386 g/mol. The molecule has 27 heavy (non-hydrogen) atoms. The second-order valence-electron chi connectivity index (χ2n) is 6.93. The van der Waals surface area contributed by atoms with Crippen LogP contribution in [0.4, 0.5) is 25.8 Å². The van der Waals surface area contributed by atoms with Crippen LogP contribution in [0.2, 0.25) is 0 Å². The zero-order chi connectivity index (χ0) is 18.7. The number of anilines is 3. The number of rotatable bonds is 2. The summed E-state index contributed by atoms with van der Waals surface area (Å²) >= 11 is 1.22. The van der Waals surface area contributed by atoms with Gasteiger partial charge in [-0.25, -0.2) is 13.8 Å². The highest BCUT2D eigenvalue weighted by atomic mass is 32.1. The Balaban J connectivity index is 1.53. The van der Waals surface area contributed by atoms with E-state index in [1.807, 2.05) is 6.07 Å². The minimum Gasteiger partial charge on any atom is -0.397 e. The van der Waals surface area contributed by atoms with Crippen LogP contribution in [0.15, 0.2) is 24.3 Å². The molecular weight excluding hydrogens is 370 g/mol. The molecule has 1 aromatic carbocycles. The molecule has 5 nitrogen and oxygen atoms in total. The molecule has 3 N–H and O–H groups in total. The number of aromatic nitrogens is 1. The number of piperidine rings is 1.